The number of pyridine rings is 1. The summed E-state index contributed by atoms with van der Waals surface area (Å²) in [5, 5.41) is 3.18. The smallest absolute Gasteiger partial charge is 0.339 e. The molecular formula is C20H21N3O3S. The van der Waals surface area contributed by atoms with Crippen LogP contribution < -0.4 is 4.90 Å². The Morgan fingerprint density at radius 1 is 1.19 bits per heavy atom. The number of fused-ring (bicyclic) bond motifs is 1. The Balaban J connectivity index is 1.79. The summed E-state index contributed by atoms with van der Waals surface area (Å²) < 4.78 is 5.48. The second-order valence-corrected chi connectivity index (χ2v) is 7.13. The number of ether oxygens (including phenoxy) is 1. The first-order valence-corrected chi connectivity index (χ1v) is 9.54. The van der Waals surface area contributed by atoms with Crippen LogP contribution in [0.5, 0.6) is 0 Å². The number of carbonyl (C=O) groups is 2. The number of hydrogen-bond donors (Lipinski definition) is 0. The molecule has 27 heavy (non-hydrogen) atoms. The molecule has 0 aliphatic carbocycles. The summed E-state index contributed by atoms with van der Waals surface area (Å²) in [7, 11) is 0. The van der Waals surface area contributed by atoms with Crippen LogP contribution in [0.25, 0.3) is 10.9 Å². The molecule has 0 aliphatic heterocycles. The van der Waals surface area contributed by atoms with Gasteiger partial charge >= 0.3 is 5.97 Å². The number of hydrogen-bond acceptors (Lipinski definition) is 6. The van der Waals surface area contributed by atoms with Gasteiger partial charge in [0.15, 0.2) is 5.13 Å². The molecule has 7 heteroatoms. The molecule has 2 aromatic heterocycles. The van der Waals surface area contributed by atoms with Crippen molar-refractivity contribution in [3.63, 3.8) is 0 Å². The van der Waals surface area contributed by atoms with Crippen molar-refractivity contribution in [3.05, 3.63) is 52.2 Å². The topological polar surface area (TPSA) is 72.4 Å². The van der Waals surface area contributed by atoms with E-state index >= 15 is 0 Å². The average Bonchev–Trinajstić information content (AvgIpc) is 3.08. The third-order valence-corrected chi connectivity index (χ3v) is 5.04. The fraction of sp³-hybridized carbons (Fsp3) is 0.300. The maximum absolute atomic E-state index is 12.7. The second-order valence-electron chi connectivity index (χ2n) is 6.29. The van der Waals surface area contributed by atoms with Crippen molar-refractivity contribution in [1.29, 1.82) is 0 Å². The number of rotatable bonds is 5. The van der Waals surface area contributed by atoms with E-state index in [0.29, 0.717) is 22.9 Å². The summed E-state index contributed by atoms with van der Waals surface area (Å²) in [6, 6.07) is 7.55. The summed E-state index contributed by atoms with van der Waals surface area (Å²) >= 11 is 1.36. The number of nitrogens with zero attached hydrogens (tertiary/aromatic N) is 3. The molecule has 3 rings (SSSR count). The van der Waals surface area contributed by atoms with Gasteiger partial charge in [-0.1, -0.05) is 11.6 Å². The Bertz CT molecular complexity index is 1010. The zero-order valence-corrected chi connectivity index (χ0v) is 16.6. The second kappa shape index (κ2) is 7.84. The standard InChI is InChI=1S/C20H21N3O3S/c1-5-23(14(4)24)20-22-15(11-27-20)10-26-19(25)17-9-13(3)21-18-7-6-12(2)8-16(17)18/h6-9,11H,5,10H2,1-4H3. The van der Waals surface area contributed by atoms with E-state index in [1.165, 1.54) is 18.3 Å². The van der Waals surface area contributed by atoms with Crippen LogP contribution in [0, 0.1) is 13.8 Å². The predicted molar refractivity (Wildman–Crippen MR) is 106 cm³/mol. The number of anilines is 1. The number of esters is 1. The fourth-order valence-electron chi connectivity index (χ4n) is 2.84. The summed E-state index contributed by atoms with van der Waals surface area (Å²) in [6.07, 6.45) is 0. The highest BCUT2D eigenvalue weighted by molar-refractivity contribution is 7.14. The van der Waals surface area contributed by atoms with Crippen molar-refractivity contribution in [2.24, 2.45) is 0 Å². The highest BCUT2D eigenvalue weighted by Gasteiger charge is 2.16. The number of aromatic nitrogens is 2. The van der Waals surface area contributed by atoms with Crippen LogP contribution in [0.1, 0.15) is 41.2 Å². The third kappa shape index (κ3) is 4.14. The van der Waals surface area contributed by atoms with Crippen molar-refractivity contribution < 1.29 is 14.3 Å². The van der Waals surface area contributed by atoms with Crippen LogP contribution >= 0.6 is 11.3 Å². The number of benzene rings is 1. The van der Waals surface area contributed by atoms with Crippen molar-refractivity contribution in [3.8, 4) is 0 Å². The van der Waals surface area contributed by atoms with Gasteiger partial charge < -0.3 is 4.74 Å². The van der Waals surface area contributed by atoms with Gasteiger partial charge in [0.25, 0.3) is 0 Å². The molecule has 2 heterocycles. The van der Waals surface area contributed by atoms with E-state index in [2.05, 4.69) is 9.97 Å². The van der Waals surface area contributed by atoms with Crippen molar-refractivity contribution in [2.75, 3.05) is 11.4 Å². The van der Waals surface area contributed by atoms with E-state index < -0.39 is 5.97 Å². The fourth-order valence-corrected chi connectivity index (χ4v) is 3.75. The van der Waals surface area contributed by atoms with E-state index in [-0.39, 0.29) is 12.5 Å². The molecule has 0 N–H and O–H groups in total. The maximum atomic E-state index is 12.7. The Morgan fingerprint density at radius 2 is 1.96 bits per heavy atom. The lowest BCUT2D eigenvalue weighted by Gasteiger charge is -2.14. The molecule has 0 saturated carbocycles. The molecule has 0 fully saturated rings. The van der Waals surface area contributed by atoms with Crippen LogP contribution in [-0.4, -0.2) is 28.4 Å². The molecule has 1 amide bonds. The summed E-state index contributed by atoms with van der Waals surface area (Å²) in [6.45, 7) is 7.82. The molecule has 1 aromatic carbocycles. The molecule has 0 bridgehead atoms. The van der Waals surface area contributed by atoms with Gasteiger partial charge in [0.1, 0.15) is 6.61 Å². The van der Waals surface area contributed by atoms with Gasteiger partial charge in [-0.3, -0.25) is 14.7 Å². The Morgan fingerprint density at radius 3 is 2.67 bits per heavy atom. The number of amides is 1. The number of aryl methyl sites for hydroxylation is 2. The van der Waals surface area contributed by atoms with Crippen LogP contribution in [0.4, 0.5) is 5.13 Å². The monoisotopic (exact) mass is 383 g/mol. The first-order chi connectivity index (χ1) is 12.9. The maximum Gasteiger partial charge on any atom is 0.339 e. The van der Waals surface area contributed by atoms with E-state index in [1.54, 1.807) is 16.3 Å². The predicted octanol–water partition coefficient (Wildman–Crippen LogP) is 4.04. The number of carbonyl (C=O) groups excluding carboxylic acids is 2. The molecular weight excluding hydrogens is 362 g/mol. The van der Waals surface area contributed by atoms with Crippen LogP contribution in [0.15, 0.2) is 29.6 Å². The van der Waals surface area contributed by atoms with Gasteiger partial charge in [-0.05, 0) is 39.0 Å². The van der Waals surface area contributed by atoms with E-state index in [4.69, 9.17) is 4.74 Å². The van der Waals surface area contributed by atoms with Gasteiger partial charge in [-0.15, -0.1) is 11.3 Å². The van der Waals surface area contributed by atoms with Gasteiger partial charge in [0.05, 0.1) is 16.8 Å². The molecule has 3 aromatic rings. The SMILES string of the molecule is CCN(C(C)=O)c1nc(COC(=O)c2cc(C)nc3ccc(C)cc23)cs1. The summed E-state index contributed by atoms with van der Waals surface area (Å²) in [5.41, 5.74) is 3.69. The molecule has 0 aliphatic rings. The van der Waals surface area contributed by atoms with Crippen LogP contribution in [0.2, 0.25) is 0 Å². The van der Waals surface area contributed by atoms with Crippen molar-refractivity contribution in [1.82, 2.24) is 9.97 Å². The van der Waals surface area contributed by atoms with Gasteiger partial charge in [0, 0.05) is 29.9 Å². The minimum absolute atomic E-state index is 0.0550. The first-order valence-electron chi connectivity index (χ1n) is 8.66. The van der Waals surface area contributed by atoms with Gasteiger partial charge in [-0.25, -0.2) is 9.78 Å². The van der Waals surface area contributed by atoms with E-state index in [9.17, 15) is 9.59 Å². The minimum Gasteiger partial charge on any atom is -0.456 e. The van der Waals surface area contributed by atoms with Crippen LogP contribution in [-0.2, 0) is 16.1 Å². The average molecular weight is 383 g/mol. The lowest BCUT2D eigenvalue weighted by atomic mass is 10.1. The number of thiazole rings is 1. The molecule has 140 valence electrons. The van der Waals surface area contributed by atoms with Gasteiger partial charge in [0.2, 0.25) is 5.91 Å². The summed E-state index contributed by atoms with van der Waals surface area (Å²) in [4.78, 5) is 34.7. The highest BCUT2D eigenvalue weighted by atomic mass is 32.1. The molecule has 6 nitrogen and oxygen atoms in total. The lowest BCUT2D eigenvalue weighted by molar-refractivity contribution is -0.116. The van der Waals surface area contributed by atoms with Crippen molar-refractivity contribution in [2.45, 2.75) is 34.3 Å². The Labute approximate surface area is 161 Å². The third-order valence-electron chi connectivity index (χ3n) is 4.13. The summed E-state index contributed by atoms with van der Waals surface area (Å²) in [5.74, 6) is -0.478. The molecule has 0 atom stereocenters. The minimum atomic E-state index is -0.412. The highest BCUT2D eigenvalue weighted by Crippen LogP contribution is 2.23. The normalized spacial score (nSPS) is 10.8. The Hall–Kier alpha value is -2.80. The quantitative estimate of drug-likeness (QED) is 0.622. The van der Waals surface area contributed by atoms with Crippen LogP contribution in [0.3, 0.4) is 0 Å². The Kier molecular flexibility index (Phi) is 5.51. The first kappa shape index (κ1) is 19.0. The van der Waals surface area contributed by atoms with E-state index in [1.807, 2.05) is 39.0 Å². The zero-order chi connectivity index (χ0) is 19.6. The van der Waals surface area contributed by atoms with Gasteiger partial charge in [-0.2, -0.15) is 0 Å². The molecule has 0 saturated heterocycles. The molecule has 0 unspecified atom stereocenters. The lowest BCUT2D eigenvalue weighted by Crippen LogP contribution is -2.27. The zero-order valence-electron chi connectivity index (χ0n) is 15.8. The largest absolute Gasteiger partial charge is 0.456 e. The van der Waals surface area contributed by atoms with E-state index in [0.717, 1.165) is 22.2 Å². The van der Waals surface area contributed by atoms with Crippen molar-refractivity contribution >= 4 is 39.2 Å². The molecule has 0 spiro atoms. The molecule has 0 radical (unpaired) electrons.